The van der Waals surface area contributed by atoms with Crippen LogP contribution in [0.2, 0.25) is 0 Å². The number of anilines is 1. The first-order valence-corrected chi connectivity index (χ1v) is 7.83. The number of benzene rings is 1. The van der Waals surface area contributed by atoms with Gasteiger partial charge in [0.05, 0.1) is 16.3 Å². The lowest BCUT2D eigenvalue weighted by Gasteiger charge is -2.09. The SMILES string of the molecule is Cc1cccc(S(=O)(=O)CCCCCCO)c1N. The number of hydrogen-bond acceptors (Lipinski definition) is 4. The van der Waals surface area contributed by atoms with Gasteiger partial charge in [0.1, 0.15) is 0 Å². The van der Waals surface area contributed by atoms with Crippen LogP contribution in [0.1, 0.15) is 31.2 Å². The van der Waals surface area contributed by atoms with E-state index < -0.39 is 9.84 Å². The molecule has 0 aliphatic rings. The van der Waals surface area contributed by atoms with Gasteiger partial charge in [-0.05, 0) is 31.4 Å². The molecule has 1 aromatic carbocycles. The quantitative estimate of drug-likeness (QED) is 0.586. The summed E-state index contributed by atoms with van der Waals surface area (Å²) in [6, 6.07) is 5.07. The maximum atomic E-state index is 12.1. The molecule has 102 valence electrons. The van der Waals surface area contributed by atoms with E-state index in [1.807, 2.05) is 0 Å². The molecule has 1 rings (SSSR count). The lowest BCUT2D eigenvalue weighted by atomic mass is 10.2. The van der Waals surface area contributed by atoms with Gasteiger partial charge in [-0.3, -0.25) is 0 Å². The molecule has 4 nitrogen and oxygen atoms in total. The summed E-state index contributed by atoms with van der Waals surface area (Å²) in [5.41, 5.74) is 6.95. The van der Waals surface area contributed by atoms with E-state index in [9.17, 15) is 8.42 Å². The van der Waals surface area contributed by atoms with Gasteiger partial charge in [0.25, 0.3) is 0 Å². The highest BCUT2D eigenvalue weighted by Crippen LogP contribution is 2.23. The summed E-state index contributed by atoms with van der Waals surface area (Å²) in [6.07, 6.45) is 3.00. The molecule has 0 fully saturated rings. The zero-order valence-corrected chi connectivity index (χ0v) is 11.5. The largest absolute Gasteiger partial charge is 0.397 e. The van der Waals surface area contributed by atoms with E-state index in [0.29, 0.717) is 12.1 Å². The Labute approximate surface area is 109 Å². The number of nitrogens with two attached hydrogens (primary N) is 1. The van der Waals surface area contributed by atoms with E-state index in [2.05, 4.69) is 0 Å². The van der Waals surface area contributed by atoms with Crippen molar-refractivity contribution in [3.63, 3.8) is 0 Å². The zero-order valence-electron chi connectivity index (χ0n) is 10.7. The first kappa shape index (κ1) is 15.0. The number of sulfone groups is 1. The zero-order chi connectivity index (χ0) is 13.6. The molecule has 0 bridgehead atoms. The third kappa shape index (κ3) is 3.99. The average Bonchev–Trinajstić information content (AvgIpc) is 2.32. The minimum atomic E-state index is -3.29. The molecule has 3 N–H and O–H groups in total. The monoisotopic (exact) mass is 271 g/mol. The summed E-state index contributed by atoms with van der Waals surface area (Å²) in [7, 11) is -3.29. The highest BCUT2D eigenvalue weighted by molar-refractivity contribution is 7.91. The smallest absolute Gasteiger partial charge is 0.180 e. The molecule has 1 aromatic rings. The van der Waals surface area contributed by atoms with E-state index in [1.54, 1.807) is 25.1 Å². The Morgan fingerprint density at radius 1 is 1.17 bits per heavy atom. The minimum absolute atomic E-state index is 0.117. The van der Waals surface area contributed by atoms with Crippen LogP contribution in [0.4, 0.5) is 5.69 Å². The van der Waals surface area contributed by atoms with Gasteiger partial charge in [0.2, 0.25) is 0 Å². The number of unbranched alkanes of at least 4 members (excludes halogenated alkanes) is 3. The van der Waals surface area contributed by atoms with Crippen molar-refractivity contribution in [1.29, 1.82) is 0 Å². The van der Waals surface area contributed by atoms with Gasteiger partial charge in [-0.15, -0.1) is 0 Å². The highest BCUT2D eigenvalue weighted by atomic mass is 32.2. The molecular weight excluding hydrogens is 250 g/mol. The maximum absolute atomic E-state index is 12.1. The topological polar surface area (TPSA) is 80.4 Å². The van der Waals surface area contributed by atoms with E-state index in [4.69, 9.17) is 10.8 Å². The molecular formula is C13H21NO3S. The molecule has 0 heterocycles. The van der Waals surface area contributed by atoms with Gasteiger partial charge in [0, 0.05) is 6.61 Å². The van der Waals surface area contributed by atoms with E-state index >= 15 is 0 Å². The van der Waals surface area contributed by atoms with Crippen molar-refractivity contribution in [2.75, 3.05) is 18.1 Å². The van der Waals surface area contributed by atoms with Gasteiger partial charge in [-0.25, -0.2) is 8.42 Å². The normalized spacial score (nSPS) is 11.7. The Morgan fingerprint density at radius 2 is 1.83 bits per heavy atom. The van der Waals surface area contributed by atoms with E-state index in [1.165, 1.54) is 0 Å². The molecule has 0 aromatic heterocycles. The van der Waals surface area contributed by atoms with Crippen LogP contribution in [0, 0.1) is 6.92 Å². The first-order chi connectivity index (χ1) is 8.49. The van der Waals surface area contributed by atoms with E-state index in [0.717, 1.165) is 24.8 Å². The molecule has 0 unspecified atom stereocenters. The number of para-hydroxylation sites is 1. The van der Waals surface area contributed by atoms with Crippen LogP contribution in [-0.4, -0.2) is 25.9 Å². The fourth-order valence-corrected chi connectivity index (χ4v) is 3.38. The number of aliphatic hydroxyl groups is 1. The predicted molar refractivity (Wildman–Crippen MR) is 73.2 cm³/mol. The average molecular weight is 271 g/mol. The number of aryl methyl sites for hydroxylation is 1. The summed E-state index contributed by atoms with van der Waals surface area (Å²) in [6.45, 7) is 1.97. The van der Waals surface area contributed by atoms with Gasteiger partial charge < -0.3 is 10.8 Å². The minimum Gasteiger partial charge on any atom is -0.397 e. The fourth-order valence-electron chi connectivity index (χ4n) is 1.79. The van der Waals surface area contributed by atoms with Crippen molar-refractivity contribution in [2.24, 2.45) is 0 Å². The van der Waals surface area contributed by atoms with Crippen LogP contribution in [0.5, 0.6) is 0 Å². The summed E-state index contributed by atoms with van der Waals surface area (Å²) >= 11 is 0. The lowest BCUT2D eigenvalue weighted by molar-refractivity contribution is 0.283. The van der Waals surface area contributed by atoms with Crippen LogP contribution >= 0.6 is 0 Å². The molecule has 0 amide bonds. The number of hydrogen-bond donors (Lipinski definition) is 2. The van der Waals surface area contributed by atoms with Crippen molar-refractivity contribution in [1.82, 2.24) is 0 Å². The van der Waals surface area contributed by atoms with E-state index in [-0.39, 0.29) is 17.3 Å². The summed E-state index contributed by atoms with van der Waals surface area (Å²) in [5, 5.41) is 8.64. The second kappa shape index (κ2) is 6.75. The van der Waals surface area contributed by atoms with Crippen LogP contribution in [0.15, 0.2) is 23.1 Å². The van der Waals surface area contributed by atoms with Crippen molar-refractivity contribution < 1.29 is 13.5 Å². The molecule has 0 saturated carbocycles. The summed E-state index contributed by atoms with van der Waals surface area (Å²) < 4.78 is 24.2. The highest BCUT2D eigenvalue weighted by Gasteiger charge is 2.17. The Hall–Kier alpha value is -1.07. The third-order valence-electron chi connectivity index (χ3n) is 2.94. The number of rotatable bonds is 7. The molecule has 0 spiro atoms. The van der Waals surface area contributed by atoms with Crippen LogP contribution in [0.25, 0.3) is 0 Å². The number of aliphatic hydroxyl groups excluding tert-OH is 1. The van der Waals surface area contributed by atoms with Crippen LogP contribution < -0.4 is 5.73 Å². The van der Waals surface area contributed by atoms with Crippen molar-refractivity contribution in [3.8, 4) is 0 Å². The van der Waals surface area contributed by atoms with Gasteiger partial charge in [0.15, 0.2) is 9.84 Å². The van der Waals surface area contributed by atoms with Gasteiger partial charge >= 0.3 is 0 Å². The second-order valence-electron chi connectivity index (χ2n) is 4.44. The van der Waals surface area contributed by atoms with Gasteiger partial charge in [-0.1, -0.05) is 25.0 Å². The standard InChI is InChI=1S/C13H21NO3S/c1-11-7-6-8-12(13(11)14)18(16,17)10-5-3-2-4-9-15/h6-8,15H,2-5,9-10,14H2,1H3. The van der Waals surface area contributed by atoms with Crippen LogP contribution in [-0.2, 0) is 9.84 Å². The molecule has 0 aliphatic heterocycles. The Morgan fingerprint density at radius 3 is 2.50 bits per heavy atom. The molecule has 0 aliphatic carbocycles. The first-order valence-electron chi connectivity index (χ1n) is 6.18. The predicted octanol–water partition coefficient (Wildman–Crippen LogP) is 1.90. The third-order valence-corrected chi connectivity index (χ3v) is 4.79. The Balaban J connectivity index is 2.66. The lowest BCUT2D eigenvalue weighted by Crippen LogP contribution is -2.10. The van der Waals surface area contributed by atoms with Crippen molar-refractivity contribution in [3.05, 3.63) is 23.8 Å². The Bertz CT molecular complexity index is 483. The molecule has 5 heteroatoms. The maximum Gasteiger partial charge on any atom is 0.180 e. The summed E-state index contributed by atoms with van der Waals surface area (Å²) in [4.78, 5) is 0.240. The number of nitrogen functional groups attached to an aromatic ring is 1. The molecule has 18 heavy (non-hydrogen) atoms. The van der Waals surface area contributed by atoms with Gasteiger partial charge in [-0.2, -0.15) is 0 Å². The fraction of sp³-hybridized carbons (Fsp3) is 0.538. The molecule has 0 atom stereocenters. The van der Waals surface area contributed by atoms with Crippen molar-refractivity contribution in [2.45, 2.75) is 37.5 Å². The van der Waals surface area contributed by atoms with Crippen molar-refractivity contribution >= 4 is 15.5 Å². The summed E-state index contributed by atoms with van der Waals surface area (Å²) in [5.74, 6) is 0.117. The van der Waals surface area contributed by atoms with Crippen LogP contribution in [0.3, 0.4) is 0 Å². The molecule has 0 radical (unpaired) electrons. The Kier molecular flexibility index (Phi) is 5.62. The second-order valence-corrected chi connectivity index (χ2v) is 6.52. The molecule has 0 saturated heterocycles.